The quantitative estimate of drug-likeness (QED) is 0.846. The van der Waals surface area contributed by atoms with Gasteiger partial charge in [0.15, 0.2) is 11.5 Å². The molecule has 0 aromatic carbocycles. The van der Waals surface area contributed by atoms with Crippen LogP contribution in [0.2, 0.25) is 0 Å². The van der Waals surface area contributed by atoms with Gasteiger partial charge in [-0.2, -0.15) is 5.26 Å². The lowest BCUT2D eigenvalue weighted by Crippen LogP contribution is -2.41. The molecule has 1 atom stereocenters. The molecular formula is C14H19N7O. The van der Waals surface area contributed by atoms with E-state index in [1.165, 1.54) is 6.33 Å². The summed E-state index contributed by atoms with van der Waals surface area (Å²) in [5, 5.41) is 8.89. The number of nitrogens with one attached hydrogen (secondary N) is 1. The summed E-state index contributed by atoms with van der Waals surface area (Å²) in [5.74, 6) is 0.395. The molecule has 0 bridgehead atoms. The third kappa shape index (κ3) is 3.31. The van der Waals surface area contributed by atoms with Gasteiger partial charge in [-0.25, -0.2) is 15.0 Å². The first-order chi connectivity index (χ1) is 10.6. The predicted octanol–water partition coefficient (Wildman–Crippen LogP) is 0.797. The minimum Gasteiger partial charge on any atom is -0.348 e. The Hall–Kier alpha value is -2.69. The van der Waals surface area contributed by atoms with Crippen LogP contribution in [-0.2, 0) is 4.79 Å². The van der Waals surface area contributed by atoms with E-state index in [0.717, 1.165) is 0 Å². The van der Waals surface area contributed by atoms with Crippen molar-refractivity contribution >= 4 is 22.9 Å². The van der Waals surface area contributed by atoms with E-state index in [1.54, 1.807) is 30.1 Å². The molecule has 0 aliphatic carbocycles. The lowest BCUT2D eigenvalue weighted by molar-refractivity contribution is -0.129. The van der Waals surface area contributed by atoms with E-state index < -0.39 is 0 Å². The average Bonchev–Trinajstić information content (AvgIpc) is 3.00. The van der Waals surface area contributed by atoms with Crippen LogP contribution >= 0.6 is 0 Å². The number of nitriles is 1. The molecule has 2 aromatic rings. The molecule has 0 aliphatic rings. The number of amides is 1. The number of H-pyrrole nitrogens is 1. The van der Waals surface area contributed by atoms with Crippen LogP contribution in [0.3, 0.4) is 0 Å². The minimum absolute atomic E-state index is 0.0432. The SMILES string of the molecule is CCN(C[C@H](C)C#N)C(=O)CN(C)c1ncnc2nc[nH]c12. The lowest BCUT2D eigenvalue weighted by atomic mass is 10.2. The van der Waals surface area contributed by atoms with Gasteiger partial charge >= 0.3 is 0 Å². The highest BCUT2D eigenvalue weighted by Gasteiger charge is 2.19. The minimum atomic E-state index is -0.187. The van der Waals surface area contributed by atoms with Gasteiger partial charge in [-0.1, -0.05) is 0 Å². The van der Waals surface area contributed by atoms with Crippen LogP contribution in [0.1, 0.15) is 13.8 Å². The van der Waals surface area contributed by atoms with Crippen LogP contribution in [0.15, 0.2) is 12.7 Å². The van der Waals surface area contributed by atoms with Crippen molar-refractivity contribution in [1.29, 1.82) is 5.26 Å². The first-order valence-corrected chi connectivity index (χ1v) is 7.09. The van der Waals surface area contributed by atoms with Crippen LogP contribution in [0.5, 0.6) is 0 Å². The summed E-state index contributed by atoms with van der Waals surface area (Å²) in [5.41, 5.74) is 1.26. The number of anilines is 1. The Balaban J connectivity index is 2.10. The number of likely N-dealkylation sites (N-methyl/N-ethyl adjacent to an activating group) is 2. The molecule has 8 heteroatoms. The molecule has 8 nitrogen and oxygen atoms in total. The van der Waals surface area contributed by atoms with Gasteiger partial charge in [0.05, 0.1) is 24.9 Å². The fourth-order valence-corrected chi connectivity index (χ4v) is 2.20. The Morgan fingerprint density at radius 2 is 2.23 bits per heavy atom. The predicted molar refractivity (Wildman–Crippen MR) is 82.0 cm³/mol. The lowest BCUT2D eigenvalue weighted by Gasteiger charge is -2.25. The summed E-state index contributed by atoms with van der Waals surface area (Å²) >= 11 is 0. The highest BCUT2D eigenvalue weighted by Crippen LogP contribution is 2.18. The molecule has 0 radical (unpaired) electrons. The molecule has 22 heavy (non-hydrogen) atoms. The summed E-state index contributed by atoms with van der Waals surface area (Å²) in [6.07, 6.45) is 2.97. The zero-order valence-electron chi connectivity index (χ0n) is 12.9. The summed E-state index contributed by atoms with van der Waals surface area (Å²) < 4.78 is 0. The number of fused-ring (bicyclic) bond motifs is 1. The van der Waals surface area contributed by atoms with Crippen molar-refractivity contribution in [1.82, 2.24) is 24.8 Å². The number of nitrogens with zero attached hydrogens (tertiary/aromatic N) is 6. The molecule has 0 saturated heterocycles. The number of hydrogen-bond donors (Lipinski definition) is 1. The average molecular weight is 301 g/mol. The monoisotopic (exact) mass is 301 g/mol. The first-order valence-electron chi connectivity index (χ1n) is 7.09. The maximum absolute atomic E-state index is 12.4. The molecule has 0 saturated carbocycles. The highest BCUT2D eigenvalue weighted by atomic mass is 16.2. The van der Waals surface area contributed by atoms with Crippen molar-refractivity contribution in [3.05, 3.63) is 12.7 Å². The normalized spacial score (nSPS) is 11.9. The van der Waals surface area contributed by atoms with E-state index in [1.807, 2.05) is 6.92 Å². The molecule has 2 rings (SSSR count). The van der Waals surface area contributed by atoms with E-state index >= 15 is 0 Å². The third-order valence-electron chi connectivity index (χ3n) is 3.39. The van der Waals surface area contributed by atoms with Crippen molar-refractivity contribution < 1.29 is 4.79 Å². The number of aromatic nitrogens is 4. The smallest absolute Gasteiger partial charge is 0.242 e. The fourth-order valence-electron chi connectivity index (χ4n) is 2.20. The number of rotatable bonds is 6. The fraction of sp³-hybridized carbons (Fsp3) is 0.500. The second kappa shape index (κ2) is 6.85. The van der Waals surface area contributed by atoms with E-state index in [9.17, 15) is 4.79 Å². The van der Waals surface area contributed by atoms with Gasteiger partial charge in [0.2, 0.25) is 5.91 Å². The second-order valence-corrected chi connectivity index (χ2v) is 5.12. The third-order valence-corrected chi connectivity index (χ3v) is 3.39. The maximum Gasteiger partial charge on any atom is 0.242 e. The molecule has 1 N–H and O–H groups in total. The van der Waals surface area contributed by atoms with Gasteiger partial charge in [-0.15, -0.1) is 0 Å². The van der Waals surface area contributed by atoms with E-state index in [-0.39, 0.29) is 18.4 Å². The number of carbonyl (C=O) groups excluding carboxylic acids is 1. The second-order valence-electron chi connectivity index (χ2n) is 5.12. The van der Waals surface area contributed by atoms with E-state index in [0.29, 0.717) is 30.1 Å². The first kappa shape index (κ1) is 15.7. The highest BCUT2D eigenvalue weighted by molar-refractivity contribution is 5.87. The molecular weight excluding hydrogens is 282 g/mol. The topological polar surface area (TPSA) is 102 Å². The summed E-state index contributed by atoms with van der Waals surface area (Å²) in [4.78, 5) is 31.1. The Morgan fingerprint density at radius 1 is 1.45 bits per heavy atom. The molecule has 2 aromatic heterocycles. The molecule has 0 aliphatic heterocycles. The zero-order valence-corrected chi connectivity index (χ0v) is 12.9. The van der Waals surface area contributed by atoms with Crippen LogP contribution in [0, 0.1) is 17.2 Å². The summed E-state index contributed by atoms with van der Waals surface area (Å²) in [6.45, 7) is 4.89. The van der Waals surface area contributed by atoms with Gasteiger partial charge in [0.1, 0.15) is 11.8 Å². The molecule has 116 valence electrons. The van der Waals surface area contributed by atoms with Crippen LogP contribution in [0.4, 0.5) is 5.82 Å². The number of hydrogen-bond acceptors (Lipinski definition) is 6. The number of aromatic amines is 1. The van der Waals surface area contributed by atoms with Crippen molar-refractivity contribution in [3.63, 3.8) is 0 Å². The van der Waals surface area contributed by atoms with Gasteiger partial charge in [0, 0.05) is 20.1 Å². The van der Waals surface area contributed by atoms with Crippen LogP contribution < -0.4 is 4.90 Å². The van der Waals surface area contributed by atoms with Crippen molar-refractivity contribution in [2.75, 3.05) is 31.6 Å². The maximum atomic E-state index is 12.4. The van der Waals surface area contributed by atoms with Gasteiger partial charge in [-0.3, -0.25) is 4.79 Å². The number of carbonyl (C=O) groups is 1. The Morgan fingerprint density at radius 3 is 2.91 bits per heavy atom. The van der Waals surface area contributed by atoms with Gasteiger partial charge in [-0.05, 0) is 13.8 Å². The summed E-state index contributed by atoms with van der Waals surface area (Å²) in [7, 11) is 1.79. The van der Waals surface area contributed by atoms with Crippen molar-refractivity contribution in [2.45, 2.75) is 13.8 Å². The zero-order chi connectivity index (χ0) is 16.1. The Kier molecular flexibility index (Phi) is 4.88. The molecule has 0 spiro atoms. The van der Waals surface area contributed by atoms with Crippen LogP contribution in [-0.4, -0.2) is 57.4 Å². The van der Waals surface area contributed by atoms with Crippen LogP contribution in [0.25, 0.3) is 11.2 Å². The molecule has 2 heterocycles. The van der Waals surface area contributed by atoms with E-state index in [2.05, 4.69) is 26.0 Å². The van der Waals surface area contributed by atoms with Crippen molar-refractivity contribution in [3.8, 4) is 6.07 Å². The van der Waals surface area contributed by atoms with Gasteiger partial charge < -0.3 is 14.8 Å². The number of imidazole rings is 1. The largest absolute Gasteiger partial charge is 0.348 e. The Labute approximate surface area is 128 Å². The standard InChI is InChI=1S/C14H19N7O/c1-4-21(6-10(2)5-15)11(22)7-20(3)14-12-13(17-8-16-12)18-9-19-14/h8-10H,4,6-7H2,1-3H3,(H,16,17,18,19)/t10-/m1/s1. The Bertz CT molecular complexity index is 690. The molecule has 1 amide bonds. The van der Waals surface area contributed by atoms with Crippen molar-refractivity contribution in [2.24, 2.45) is 5.92 Å². The molecule has 0 unspecified atom stereocenters. The summed E-state index contributed by atoms with van der Waals surface area (Å²) in [6, 6.07) is 2.15. The van der Waals surface area contributed by atoms with E-state index in [4.69, 9.17) is 5.26 Å². The molecule has 0 fully saturated rings. The van der Waals surface area contributed by atoms with Gasteiger partial charge in [0.25, 0.3) is 0 Å².